The number of likely N-dealkylation sites (tertiary alicyclic amines) is 1. The number of nitrogens with zero attached hydrogens (tertiary/aromatic N) is 3. The van der Waals surface area contributed by atoms with E-state index in [1.54, 1.807) is 9.47 Å². The number of β-amino-alcohol motifs (C(OH)–C–C–N with tert-alkyl or cyclic N) is 1. The van der Waals surface area contributed by atoms with Crippen molar-refractivity contribution in [2.45, 2.75) is 32.4 Å². The maximum Gasteiger partial charge on any atom is 0.287 e. The summed E-state index contributed by atoms with van der Waals surface area (Å²) in [6, 6.07) is 1.30. The molecule has 1 atom stereocenters. The number of aliphatic hydroxyl groups excluding tert-OH is 1. The van der Waals surface area contributed by atoms with Gasteiger partial charge in [-0.15, -0.1) is 0 Å². The second-order valence-corrected chi connectivity index (χ2v) is 4.67. The Labute approximate surface area is 110 Å². The Bertz CT molecular complexity index is 497. The molecule has 2 heterocycles. The van der Waals surface area contributed by atoms with Crippen LogP contribution in [0.1, 0.15) is 30.3 Å². The molecule has 1 N–H and O–H groups in total. The molecular formula is C12H17N3O4. The molecule has 1 aromatic rings. The number of carbonyl (C=O) groups is 1. The largest absolute Gasteiger partial charge is 0.391 e. The van der Waals surface area contributed by atoms with E-state index in [4.69, 9.17) is 0 Å². The summed E-state index contributed by atoms with van der Waals surface area (Å²) in [6.07, 6.45) is 2.31. The molecular weight excluding hydrogens is 250 g/mol. The first-order chi connectivity index (χ1) is 9.02. The highest BCUT2D eigenvalue weighted by atomic mass is 16.6. The summed E-state index contributed by atoms with van der Waals surface area (Å²) >= 11 is 0. The van der Waals surface area contributed by atoms with Gasteiger partial charge in [0.15, 0.2) is 0 Å². The first-order valence-corrected chi connectivity index (χ1v) is 6.34. The van der Waals surface area contributed by atoms with Crippen molar-refractivity contribution in [2.24, 2.45) is 0 Å². The SMILES string of the molecule is CCn1cc([N+](=O)[O-])cc1C(=O)N1CCC[C@H](O)C1. The molecule has 0 aliphatic carbocycles. The lowest BCUT2D eigenvalue weighted by Crippen LogP contribution is -2.42. The lowest BCUT2D eigenvalue weighted by Gasteiger charge is -2.30. The molecule has 0 spiro atoms. The Kier molecular flexibility index (Phi) is 3.84. The predicted octanol–water partition coefficient (Wildman–Crippen LogP) is 1.01. The summed E-state index contributed by atoms with van der Waals surface area (Å²) in [5.41, 5.74) is 0.228. The fourth-order valence-electron chi connectivity index (χ4n) is 2.34. The van der Waals surface area contributed by atoms with Gasteiger partial charge in [-0.2, -0.15) is 0 Å². The molecule has 1 aromatic heterocycles. The molecule has 2 rings (SSSR count). The van der Waals surface area contributed by atoms with Crippen molar-refractivity contribution in [1.29, 1.82) is 0 Å². The van der Waals surface area contributed by atoms with Crippen LogP contribution in [-0.4, -0.2) is 44.6 Å². The summed E-state index contributed by atoms with van der Waals surface area (Å²) < 4.78 is 1.57. The van der Waals surface area contributed by atoms with E-state index in [0.717, 1.165) is 6.42 Å². The van der Waals surface area contributed by atoms with Crippen LogP contribution in [0, 0.1) is 10.1 Å². The van der Waals surface area contributed by atoms with Crippen LogP contribution < -0.4 is 0 Å². The molecule has 0 radical (unpaired) electrons. The number of hydrogen-bond donors (Lipinski definition) is 1. The van der Waals surface area contributed by atoms with Crippen molar-refractivity contribution in [1.82, 2.24) is 9.47 Å². The van der Waals surface area contributed by atoms with E-state index in [9.17, 15) is 20.0 Å². The number of aromatic nitrogens is 1. The lowest BCUT2D eigenvalue weighted by molar-refractivity contribution is -0.384. The Morgan fingerprint density at radius 2 is 2.37 bits per heavy atom. The number of aryl methyl sites for hydroxylation is 1. The Morgan fingerprint density at radius 1 is 1.63 bits per heavy atom. The predicted molar refractivity (Wildman–Crippen MR) is 67.9 cm³/mol. The van der Waals surface area contributed by atoms with Gasteiger partial charge in [-0.1, -0.05) is 0 Å². The Balaban J connectivity index is 2.24. The number of piperidine rings is 1. The molecule has 0 unspecified atom stereocenters. The van der Waals surface area contributed by atoms with Gasteiger partial charge in [-0.05, 0) is 19.8 Å². The number of hydrogen-bond acceptors (Lipinski definition) is 4. The molecule has 1 aliphatic heterocycles. The summed E-state index contributed by atoms with van der Waals surface area (Å²) in [7, 11) is 0. The minimum atomic E-state index is -0.506. The smallest absolute Gasteiger partial charge is 0.287 e. The van der Waals surface area contributed by atoms with Crippen LogP contribution in [0.5, 0.6) is 0 Å². The van der Waals surface area contributed by atoms with Crippen LogP contribution in [0.3, 0.4) is 0 Å². The van der Waals surface area contributed by atoms with Crippen LogP contribution in [-0.2, 0) is 6.54 Å². The minimum Gasteiger partial charge on any atom is -0.391 e. The van der Waals surface area contributed by atoms with Gasteiger partial charge in [0.05, 0.1) is 17.2 Å². The highest BCUT2D eigenvalue weighted by Gasteiger charge is 2.27. The molecule has 7 nitrogen and oxygen atoms in total. The van der Waals surface area contributed by atoms with E-state index < -0.39 is 11.0 Å². The first kappa shape index (κ1) is 13.5. The molecule has 104 valence electrons. The first-order valence-electron chi connectivity index (χ1n) is 6.34. The summed E-state index contributed by atoms with van der Waals surface area (Å²) in [5, 5.41) is 20.3. The van der Waals surface area contributed by atoms with Crippen LogP contribution in [0.4, 0.5) is 5.69 Å². The van der Waals surface area contributed by atoms with E-state index in [1.165, 1.54) is 12.3 Å². The minimum absolute atomic E-state index is 0.0808. The van der Waals surface area contributed by atoms with Crippen molar-refractivity contribution >= 4 is 11.6 Å². The van der Waals surface area contributed by atoms with Crippen molar-refractivity contribution in [3.8, 4) is 0 Å². The summed E-state index contributed by atoms with van der Waals surface area (Å²) in [6.45, 7) is 3.19. The standard InChI is InChI=1S/C12H17N3O4/c1-2-13-7-9(15(18)19)6-11(13)12(17)14-5-3-4-10(16)8-14/h6-7,10,16H,2-5,8H2,1H3/t10-/m0/s1. The van der Waals surface area contributed by atoms with Crippen LogP contribution in [0.25, 0.3) is 0 Å². The van der Waals surface area contributed by atoms with Crippen molar-refractivity contribution in [3.05, 3.63) is 28.1 Å². The molecule has 1 saturated heterocycles. The van der Waals surface area contributed by atoms with Gasteiger partial charge in [-0.25, -0.2) is 0 Å². The normalized spacial score (nSPS) is 19.5. The fourth-order valence-corrected chi connectivity index (χ4v) is 2.34. The van der Waals surface area contributed by atoms with Gasteiger partial charge in [0.2, 0.25) is 0 Å². The van der Waals surface area contributed by atoms with Gasteiger partial charge in [0.25, 0.3) is 11.6 Å². The zero-order valence-corrected chi connectivity index (χ0v) is 10.8. The zero-order chi connectivity index (χ0) is 14.0. The van der Waals surface area contributed by atoms with Crippen molar-refractivity contribution in [3.63, 3.8) is 0 Å². The monoisotopic (exact) mass is 267 g/mol. The molecule has 1 amide bonds. The number of rotatable bonds is 3. The zero-order valence-electron chi connectivity index (χ0n) is 10.8. The second kappa shape index (κ2) is 5.40. The molecule has 1 aliphatic rings. The third-order valence-electron chi connectivity index (χ3n) is 3.34. The average Bonchev–Trinajstić information content (AvgIpc) is 2.82. The Hall–Kier alpha value is -1.89. The van der Waals surface area contributed by atoms with Crippen LogP contribution in [0.2, 0.25) is 0 Å². The molecule has 19 heavy (non-hydrogen) atoms. The van der Waals surface area contributed by atoms with Gasteiger partial charge >= 0.3 is 0 Å². The highest BCUT2D eigenvalue weighted by Crippen LogP contribution is 2.20. The number of aliphatic hydroxyl groups is 1. The third kappa shape index (κ3) is 2.76. The topological polar surface area (TPSA) is 88.6 Å². The van der Waals surface area contributed by atoms with E-state index >= 15 is 0 Å². The number of carbonyl (C=O) groups excluding carboxylic acids is 1. The molecule has 0 bridgehead atoms. The van der Waals surface area contributed by atoms with Gasteiger partial charge in [0, 0.05) is 25.7 Å². The van der Waals surface area contributed by atoms with Gasteiger partial charge in [0.1, 0.15) is 5.69 Å². The highest BCUT2D eigenvalue weighted by molar-refractivity contribution is 5.93. The van der Waals surface area contributed by atoms with E-state index in [1.807, 2.05) is 6.92 Å². The second-order valence-electron chi connectivity index (χ2n) is 4.67. The quantitative estimate of drug-likeness (QED) is 0.654. The molecule has 1 fully saturated rings. The number of nitro groups is 1. The number of amides is 1. The average molecular weight is 267 g/mol. The maximum atomic E-state index is 12.3. The van der Waals surface area contributed by atoms with E-state index in [0.29, 0.717) is 31.7 Å². The van der Waals surface area contributed by atoms with Gasteiger partial charge in [-0.3, -0.25) is 14.9 Å². The van der Waals surface area contributed by atoms with E-state index in [2.05, 4.69) is 0 Å². The molecule has 7 heteroatoms. The fraction of sp³-hybridized carbons (Fsp3) is 0.583. The molecule has 0 saturated carbocycles. The van der Waals surface area contributed by atoms with Gasteiger partial charge < -0.3 is 14.6 Å². The Morgan fingerprint density at radius 3 is 2.95 bits per heavy atom. The van der Waals surface area contributed by atoms with Crippen molar-refractivity contribution in [2.75, 3.05) is 13.1 Å². The summed E-state index contributed by atoms with van der Waals surface area (Å²) in [5.74, 6) is -0.256. The summed E-state index contributed by atoms with van der Waals surface area (Å²) in [4.78, 5) is 24.1. The third-order valence-corrected chi connectivity index (χ3v) is 3.34. The molecule has 0 aromatic carbocycles. The van der Waals surface area contributed by atoms with Crippen LogP contribution in [0.15, 0.2) is 12.3 Å². The maximum absolute atomic E-state index is 12.3. The van der Waals surface area contributed by atoms with E-state index in [-0.39, 0.29) is 11.6 Å². The van der Waals surface area contributed by atoms with Crippen molar-refractivity contribution < 1.29 is 14.8 Å². The van der Waals surface area contributed by atoms with Crippen LogP contribution >= 0.6 is 0 Å². The lowest BCUT2D eigenvalue weighted by atomic mass is 10.1.